The third-order valence-electron chi connectivity index (χ3n) is 2.41. The molecule has 1 aromatic heterocycles. The molecule has 0 atom stereocenters. The second kappa shape index (κ2) is 7.97. The van der Waals surface area contributed by atoms with Gasteiger partial charge in [-0.1, -0.05) is 0 Å². The van der Waals surface area contributed by atoms with Crippen molar-refractivity contribution in [2.75, 3.05) is 38.8 Å². The first kappa shape index (κ1) is 13.9. The lowest BCUT2D eigenvalue weighted by molar-refractivity contribution is 0.127. The minimum absolute atomic E-state index is 0.136. The van der Waals surface area contributed by atoms with Gasteiger partial charge < -0.3 is 15.3 Å². The molecule has 1 heterocycles. The maximum atomic E-state index is 8.99. The van der Waals surface area contributed by atoms with Crippen LogP contribution in [0.2, 0.25) is 0 Å². The molecule has 0 saturated carbocycles. The summed E-state index contributed by atoms with van der Waals surface area (Å²) < 4.78 is 5.03. The van der Waals surface area contributed by atoms with E-state index in [1.54, 1.807) is 13.3 Å². The van der Waals surface area contributed by atoms with Crippen molar-refractivity contribution >= 4 is 5.82 Å². The minimum atomic E-state index is 0.136. The van der Waals surface area contributed by atoms with Crippen molar-refractivity contribution in [3.05, 3.63) is 23.9 Å². The number of aromatic nitrogens is 1. The normalized spacial score (nSPS) is 10.8. The lowest BCUT2D eigenvalue weighted by Gasteiger charge is -2.21. The predicted octanol–water partition coefficient (Wildman–Crippen LogP) is -0.192. The molecule has 6 nitrogen and oxygen atoms in total. The van der Waals surface area contributed by atoms with Crippen molar-refractivity contribution in [2.24, 2.45) is 5.84 Å². The lowest BCUT2D eigenvalue weighted by Crippen LogP contribution is -2.29. The molecule has 0 unspecified atom stereocenters. The summed E-state index contributed by atoms with van der Waals surface area (Å²) in [6.45, 7) is 2.92. The maximum absolute atomic E-state index is 8.99. The highest BCUT2D eigenvalue weighted by Crippen LogP contribution is 2.08. The van der Waals surface area contributed by atoms with Gasteiger partial charge >= 0.3 is 0 Å². The smallest absolute Gasteiger partial charge is 0.140 e. The molecule has 0 spiro atoms. The summed E-state index contributed by atoms with van der Waals surface area (Å²) >= 11 is 0. The first-order valence-corrected chi connectivity index (χ1v) is 5.54. The number of methoxy groups -OCH3 is 1. The van der Waals surface area contributed by atoms with E-state index in [1.165, 1.54) is 0 Å². The summed E-state index contributed by atoms with van der Waals surface area (Å²) in [6, 6.07) is 3.81. The fraction of sp³-hybridized carbons (Fsp3) is 0.545. The summed E-state index contributed by atoms with van der Waals surface area (Å²) in [7, 11) is 1.67. The minimum Gasteiger partial charge on any atom is -0.395 e. The highest BCUT2D eigenvalue weighted by atomic mass is 16.5. The average molecular weight is 240 g/mol. The number of ether oxygens (including phenoxy) is 1. The molecule has 0 radical (unpaired) electrons. The largest absolute Gasteiger partial charge is 0.395 e. The van der Waals surface area contributed by atoms with Crippen LogP contribution >= 0.6 is 0 Å². The van der Waals surface area contributed by atoms with Gasteiger partial charge in [0.15, 0.2) is 0 Å². The van der Waals surface area contributed by atoms with Crippen LogP contribution in [0.4, 0.5) is 5.82 Å². The van der Waals surface area contributed by atoms with E-state index >= 15 is 0 Å². The second-order valence-electron chi connectivity index (χ2n) is 3.69. The van der Waals surface area contributed by atoms with Crippen molar-refractivity contribution in [3.8, 4) is 0 Å². The highest BCUT2D eigenvalue weighted by molar-refractivity contribution is 5.35. The summed E-state index contributed by atoms with van der Waals surface area (Å²) in [5, 5.41) is 8.99. The molecule has 0 aliphatic carbocycles. The van der Waals surface area contributed by atoms with Crippen LogP contribution in [-0.4, -0.2) is 48.4 Å². The molecular formula is C11H20N4O2. The molecule has 0 aliphatic rings. The number of nitrogens with two attached hydrogens (primary N) is 1. The van der Waals surface area contributed by atoms with Crippen molar-refractivity contribution in [3.63, 3.8) is 0 Å². The van der Waals surface area contributed by atoms with E-state index in [2.05, 4.69) is 15.3 Å². The Hall–Kier alpha value is -1.21. The molecule has 4 N–H and O–H groups in total. The first-order chi connectivity index (χ1) is 8.30. The van der Waals surface area contributed by atoms with Crippen molar-refractivity contribution in [1.29, 1.82) is 0 Å². The highest BCUT2D eigenvalue weighted by Gasteiger charge is 2.05. The molecule has 0 saturated heterocycles. The molecule has 1 rings (SSSR count). The molecule has 0 aliphatic heterocycles. The second-order valence-corrected chi connectivity index (χ2v) is 3.69. The van der Waals surface area contributed by atoms with Gasteiger partial charge in [-0.15, -0.1) is 0 Å². The topological polar surface area (TPSA) is 83.6 Å². The van der Waals surface area contributed by atoms with Crippen LogP contribution < -0.4 is 11.3 Å². The number of anilines is 1. The standard InChI is InChI=1S/C11H20N4O2/c1-17-7-5-15(4-6-16)9-10-2-3-13-11(8-10)14-12/h2-3,8,16H,4-7,9,12H2,1H3,(H,13,14). The maximum Gasteiger partial charge on any atom is 0.140 e. The lowest BCUT2D eigenvalue weighted by atomic mass is 10.2. The van der Waals surface area contributed by atoms with E-state index in [4.69, 9.17) is 15.7 Å². The van der Waals surface area contributed by atoms with Gasteiger partial charge in [0, 0.05) is 32.9 Å². The van der Waals surface area contributed by atoms with Gasteiger partial charge in [0.1, 0.15) is 5.82 Å². The monoisotopic (exact) mass is 240 g/mol. The number of aliphatic hydroxyl groups excluding tert-OH is 1. The fourth-order valence-corrected chi connectivity index (χ4v) is 1.54. The van der Waals surface area contributed by atoms with Crippen molar-refractivity contribution in [1.82, 2.24) is 9.88 Å². The number of pyridine rings is 1. The molecule has 17 heavy (non-hydrogen) atoms. The quantitative estimate of drug-likeness (QED) is 0.431. The predicted molar refractivity (Wildman–Crippen MR) is 66.3 cm³/mol. The number of hydrogen-bond donors (Lipinski definition) is 3. The summed E-state index contributed by atoms with van der Waals surface area (Å²) in [4.78, 5) is 6.15. The third-order valence-corrected chi connectivity index (χ3v) is 2.41. The van der Waals surface area contributed by atoms with Crippen LogP contribution in [0.1, 0.15) is 5.56 Å². The zero-order chi connectivity index (χ0) is 12.5. The first-order valence-electron chi connectivity index (χ1n) is 5.54. The Bertz CT molecular complexity index is 322. The van der Waals surface area contributed by atoms with Crippen molar-refractivity contribution in [2.45, 2.75) is 6.54 Å². The van der Waals surface area contributed by atoms with Crippen LogP contribution in [0.15, 0.2) is 18.3 Å². The Morgan fingerprint density at radius 1 is 1.53 bits per heavy atom. The van der Waals surface area contributed by atoms with Crippen LogP contribution in [0.25, 0.3) is 0 Å². The molecule has 0 bridgehead atoms. The number of nitrogens with one attached hydrogen (secondary N) is 1. The Morgan fingerprint density at radius 3 is 3.00 bits per heavy atom. The van der Waals surface area contributed by atoms with Gasteiger partial charge in [0.05, 0.1) is 13.2 Å². The number of nitrogens with zero attached hydrogens (tertiary/aromatic N) is 2. The van der Waals surface area contributed by atoms with Crippen LogP contribution in [0, 0.1) is 0 Å². The number of aliphatic hydroxyl groups is 1. The Balaban J connectivity index is 2.57. The number of nitrogen functional groups attached to an aromatic ring is 1. The van der Waals surface area contributed by atoms with E-state index in [0.717, 1.165) is 18.7 Å². The zero-order valence-electron chi connectivity index (χ0n) is 10.1. The molecule has 96 valence electrons. The summed E-state index contributed by atoms with van der Waals surface area (Å²) in [5.74, 6) is 5.94. The van der Waals surface area contributed by atoms with Gasteiger partial charge in [-0.2, -0.15) is 0 Å². The van der Waals surface area contributed by atoms with E-state index in [-0.39, 0.29) is 6.61 Å². The van der Waals surface area contributed by atoms with E-state index < -0.39 is 0 Å². The number of rotatable bonds is 8. The van der Waals surface area contributed by atoms with Gasteiger partial charge in [0.25, 0.3) is 0 Å². The SMILES string of the molecule is COCCN(CCO)Cc1ccnc(NN)c1. The third kappa shape index (κ3) is 5.10. The van der Waals surface area contributed by atoms with Crippen LogP contribution in [0.5, 0.6) is 0 Å². The molecule has 0 fully saturated rings. The van der Waals surface area contributed by atoms with Gasteiger partial charge in [-0.25, -0.2) is 10.8 Å². The van der Waals surface area contributed by atoms with E-state index in [0.29, 0.717) is 19.0 Å². The summed E-state index contributed by atoms with van der Waals surface area (Å²) in [6.07, 6.45) is 1.71. The van der Waals surface area contributed by atoms with Gasteiger partial charge in [0.2, 0.25) is 0 Å². The Morgan fingerprint density at radius 2 is 2.35 bits per heavy atom. The average Bonchev–Trinajstić information content (AvgIpc) is 2.36. The van der Waals surface area contributed by atoms with Crippen LogP contribution in [0.3, 0.4) is 0 Å². The molecular weight excluding hydrogens is 220 g/mol. The number of hydrazine groups is 1. The Kier molecular flexibility index (Phi) is 6.49. The zero-order valence-corrected chi connectivity index (χ0v) is 10.1. The van der Waals surface area contributed by atoms with Crippen LogP contribution in [-0.2, 0) is 11.3 Å². The molecule has 0 amide bonds. The van der Waals surface area contributed by atoms with Gasteiger partial charge in [-0.05, 0) is 17.7 Å². The molecule has 1 aromatic rings. The van der Waals surface area contributed by atoms with Gasteiger partial charge in [-0.3, -0.25) is 4.90 Å². The number of hydrogen-bond acceptors (Lipinski definition) is 6. The van der Waals surface area contributed by atoms with E-state index in [9.17, 15) is 0 Å². The fourth-order valence-electron chi connectivity index (χ4n) is 1.54. The van der Waals surface area contributed by atoms with E-state index in [1.807, 2.05) is 12.1 Å². The van der Waals surface area contributed by atoms with Crippen molar-refractivity contribution < 1.29 is 9.84 Å². The molecule has 0 aromatic carbocycles. The summed E-state index contributed by atoms with van der Waals surface area (Å²) in [5.41, 5.74) is 3.61. The molecule has 6 heteroatoms. The Labute approximate surface area is 101 Å².